The third kappa shape index (κ3) is 2.76. The molecule has 1 aliphatic heterocycles. The molecule has 1 aliphatic rings. The number of Topliss-reactive ketones (excluding diaryl/α,β-unsaturated/α-hetero) is 1. The molecular weight excluding hydrogens is 183 g/mol. The molecular formula is C8H13BN2O3. The lowest BCUT2D eigenvalue weighted by Crippen LogP contribution is -2.29. The van der Waals surface area contributed by atoms with E-state index in [0.717, 1.165) is 5.57 Å². The van der Waals surface area contributed by atoms with Crippen LogP contribution in [0.3, 0.4) is 0 Å². The van der Waals surface area contributed by atoms with Crippen molar-refractivity contribution in [3.05, 3.63) is 11.8 Å². The van der Waals surface area contributed by atoms with E-state index in [1.54, 1.807) is 0 Å². The molecule has 0 radical (unpaired) electrons. The number of carbonyl (C=O) groups is 1. The van der Waals surface area contributed by atoms with Gasteiger partial charge in [-0.1, -0.05) is 0 Å². The average molecular weight is 196 g/mol. The van der Waals surface area contributed by atoms with Gasteiger partial charge in [-0.25, -0.2) is 0 Å². The first-order valence-corrected chi connectivity index (χ1v) is 4.37. The van der Waals surface area contributed by atoms with Crippen LogP contribution in [0.25, 0.3) is 0 Å². The molecule has 1 atom stereocenters. The van der Waals surface area contributed by atoms with Gasteiger partial charge < -0.3 is 15.8 Å². The normalized spacial score (nSPS) is 17.4. The van der Waals surface area contributed by atoms with E-state index in [2.05, 4.69) is 4.99 Å². The number of nitrogens with two attached hydrogens (primary N) is 1. The zero-order chi connectivity index (χ0) is 10.7. The summed E-state index contributed by atoms with van der Waals surface area (Å²) in [7, 11) is -1.52. The Labute approximate surface area is 82.5 Å². The Bertz CT molecular complexity index is 299. The fraction of sp³-hybridized carbons (Fsp3) is 0.500. The van der Waals surface area contributed by atoms with E-state index in [1.807, 2.05) is 0 Å². The second kappa shape index (κ2) is 4.50. The Morgan fingerprint density at radius 1 is 1.79 bits per heavy atom. The summed E-state index contributed by atoms with van der Waals surface area (Å²) >= 11 is 0. The van der Waals surface area contributed by atoms with Crippen molar-refractivity contribution in [2.24, 2.45) is 10.7 Å². The van der Waals surface area contributed by atoms with Gasteiger partial charge >= 0.3 is 7.12 Å². The van der Waals surface area contributed by atoms with Crippen molar-refractivity contribution in [2.75, 3.05) is 0 Å². The van der Waals surface area contributed by atoms with E-state index in [-0.39, 0.29) is 5.78 Å². The molecule has 0 bridgehead atoms. The monoisotopic (exact) mass is 196 g/mol. The van der Waals surface area contributed by atoms with E-state index in [1.165, 1.54) is 13.1 Å². The predicted octanol–water partition coefficient (Wildman–Crippen LogP) is -0.967. The summed E-state index contributed by atoms with van der Waals surface area (Å²) in [6.45, 7) is 1.43. The zero-order valence-corrected chi connectivity index (χ0v) is 7.97. The maximum atomic E-state index is 10.9. The summed E-state index contributed by atoms with van der Waals surface area (Å²) in [4.78, 5) is 14.7. The highest BCUT2D eigenvalue weighted by Gasteiger charge is 2.23. The molecule has 0 spiro atoms. The minimum Gasteiger partial charge on any atom is -0.422 e. The van der Waals surface area contributed by atoms with Crippen LogP contribution in [0.4, 0.5) is 0 Å². The molecule has 0 fully saturated rings. The number of hydrogen-bond donors (Lipinski definition) is 3. The molecule has 5 nitrogen and oxygen atoms in total. The number of carbonyl (C=O) groups excluding carboxylic acids is 1. The van der Waals surface area contributed by atoms with Gasteiger partial charge in [0.1, 0.15) is 5.78 Å². The Hall–Kier alpha value is -0.975. The summed E-state index contributed by atoms with van der Waals surface area (Å²) in [6.07, 6.45) is 2.35. The summed E-state index contributed by atoms with van der Waals surface area (Å²) < 4.78 is 0. The van der Waals surface area contributed by atoms with Gasteiger partial charge in [0.25, 0.3) is 0 Å². The molecule has 0 saturated heterocycles. The topological polar surface area (TPSA) is 95.9 Å². The quantitative estimate of drug-likeness (QED) is 0.504. The molecule has 0 aromatic heterocycles. The predicted molar refractivity (Wildman–Crippen MR) is 53.6 cm³/mol. The van der Waals surface area contributed by atoms with Gasteiger partial charge in [0, 0.05) is 12.6 Å². The van der Waals surface area contributed by atoms with Crippen LogP contribution in [0.5, 0.6) is 0 Å². The van der Waals surface area contributed by atoms with Crippen LogP contribution in [-0.4, -0.2) is 34.6 Å². The van der Waals surface area contributed by atoms with Gasteiger partial charge in [-0.2, -0.15) is 0 Å². The molecule has 76 valence electrons. The molecule has 1 heterocycles. The summed E-state index contributed by atoms with van der Waals surface area (Å²) in [5, 5.41) is 17.6. The van der Waals surface area contributed by atoms with Crippen LogP contribution < -0.4 is 5.73 Å². The number of rotatable bonds is 4. The molecule has 0 aromatic rings. The zero-order valence-electron chi connectivity index (χ0n) is 7.97. The van der Waals surface area contributed by atoms with E-state index < -0.39 is 13.2 Å². The fourth-order valence-electron chi connectivity index (χ4n) is 1.21. The minimum atomic E-state index is -1.52. The Morgan fingerprint density at radius 2 is 2.43 bits per heavy atom. The lowest BCUT2D eigenvalue weighted by molar-refractivity contribution is -0.118. The van der Waals surface area contributed by atoms with Crippen LogP contribution in [0.1, 0.15) is 19.8 Å². The molecule has 6 heteroatoms. The van der Waals surface area contributed by atoms with Gasteiger partial charge in [0.05, 0.1) is 11.7 Å². The molecule has 0 saturated carbocycles. The Balaban J connectivity index is 2.43. The summed E-state index contributed by atoms with van der Waals surface area (Å²) in [5.41, 5.74) is 6.71. The second-order valence-electron chi connectivity index (χ2n) is 3.38. The van der Waals surface area contributed by atoms with E-state index in [0.29, 0.717) is 18.5 Å². The number of nitrogens with zero attached hydrogens (tertiary/aromatic N) is 1. The minimum absolute atomic E-state index is 0.0797. The average Bonchev–Trinajstić information content (AvgIpc) is 2.52. The van der Waals surface area contributed by atoms with E-state index in [4.69, 9.17) is 15.8 Å². The molecule has 0 aliphatic carbocycles. The lowest BCUT2D eigenvalue weighted by atomic mass is 9.80. The number of hydrogen-bond acceptors (Lipinski definition) is 5. The van der Waals surface area contributed by atoms with Crippen LogP contribution in [-0.2, 0) is 4.79 Å². The van der Waals surface area contributed by atoms with Crippen LogP contribution in [0.2, 0.25) is 0 Å². The Kier molecular flexibility index (Phi) is 3.57. The first-order valence-electron chi connectivity index (χ1n) is 4.37. The molecule has 0 unspecified atom stereocenters. The largest absolute Gasteiger partial charge is 0.504 e. The van der Waals surface area contributed by atoms with Gasteiger partial charge in [0.15, 0.2) is 0 Å². The molecule has 1 rings (SSSR count). The lowest BCUT2D eigenvalue weighted by Gasteiger charge is -2.08. The smallest absolute Gasteiger partial charge is 0.422 e. The number of ketones is 1. The highest BCUT2D eigenvalue weighted by Crippen LogP contribution is 2.17. The molecule has 14 heavy (non-hydrogen) atoms. The number of aliphatic imine (C=N–C) groups is 1. The standard InChI is InChI=1S/C8H13BN2O3/c1-5(12)7(10)2-6-3-8(9(13)14)11-4-6/h4,7,13-14H,2-3,10H2,1H3/t7-/m0/s1. The maximum absolute atomic E-state index is 10.9. The van der Waals surface area contributed by atoms with Crippen molar-refractivity contribution < 1.29 is 14.8 Å². The van der Waals surface area contributed by atoms with E-state index >= 15 is 0 Å². The van der Waals surface area contributed by atoms with Crippen LogP contribution in [0, 0.1) is 0 Å². The fourth-order valence-corrected chi connectivity index (χ4v) is 1.21. The van der Waals surface area contributed by atoms with Crippen molar-refractivity contribution in [3.63, 3.8) is 0 Å². The van der Waals surface area contributed by atoms with Crippen molar-refractivity contribution in [1.29, 1.82) is 0 Å². The first-order chi connectivity index (χ1) is 6.50. The van der Waals surface area contributed by atoms with Gasteiger partial charge in [-0.3, -0.25) is 9.79 Å². The van der Waals surface area contributed by atoms with Crippen molar-refractivity contribution in [3.8, 4) is 0 Å². The highest BCUT2D eigenvalue weighted by molar-refractivity contribution is 6.80. The summed E-state index contributed by atoms with van der Waals surface area (Å²) in [6, 6.07) is -0.522. The van der Waals surface area contributed by atoms with Crippen molar-refractivity contribution >= 4 is 18.5 Å². The Morgan fingerprint density at radius 3 is 2.86 bits per heavy atom. The maximum Gasteiger partial charge on any atom is 0.504 e. The molecule has 4 N–H and O–H groups in total. The SMILES string of the molecule is CC(=O)[C@@H](N)CC1=CN=C(B(O)O)C1. The van der Waals surface area contributed by atoms with Gasteiger partial charge in [0.2, 0.25) is 0 Å². The third-order valence-corrected chi connectivity index (χ3v) is 2.12. The van der Waals surface area contributed by atoms with E-state index in [9.17, 15) is 4.79 Å². The van der Waals surface area contributed by atoms with Crippen LogP contribution >= 0.6 is 0 Å². The second-order valence-corrected chi connectivity index (χ2v) is 3.38. The van der Waals surface area contributed by atoms with Crippen LogP contribution in [0.15, 0.2) is 16.8 Å². The van der Waals surface area contributed by atoms with Gasteiger partial charge in [-0.15, -0.1) is 0 Å². The third-order valence-electron chi connectivity index (χ3n) is 2.12. The summed E-state index contributed by atoms with van der Waals surface area (Å²) in [5.74, 6) is -0.0797. The van der Waals surface area contributed by atoms with Crippen molar-refractivity contribution in [1.82, 2.24) is 0 Å². The highest BCUT2D eigenvalue weighted by atomic mass is 16.4. The first kappa shape index (κ1) is 11.1. The molecule has 0 aromatic carbocycles. The molecule has 0 amide bonds. The van der Waals surface area contributed by atoms with Crippen molar-refractivity contribution in [2.45, 2.75) is 25.8 Å². The van der Waals surface area contributed by atoms with Gasteiger partial charge in [-0.05, 0) is 18.9 Å².